The maximum Gasteiger partial charge on any atom is 1.00 e. The van der Waals surface area contributed by atoms with Crippen molar-refractivity contribution in [1.82, 2.24) is 5.32 Å². The van der Waals surface area contributed by atoms with Gasteiger partial charge in [0.2, 0.25) is 0 Å². The molecular formula is C2H10ClK2N5. The number of nitrogens with two attached hydrogens (primary N) is 2. The van der Waals surface area contributed by atoms with Crippen LogP contribution in [0.4, 0.5) is 0 Å². The Labute approximate surface area is 154 Å². The van der Waals surface area contributed by atoms with Gasteiger partial charge >= 0.3 is 103 Å². The third-order valence-corrected chi connectivity index (χ3v) is 0.269. The molecule has 8 heteroatoms. The van der Waals surface area contributed by atoms with Crippen LogP contribution < -0.4 is 120 Å². The number of guanidine groups is 2. The van der Waals surface area contributed by atoms with E-state index in [1.54, 1.807) is 0 Å². The summed E-state index contributed by atoms with van der Waals surface area (Å²) < 4.78 is 0. The summed E-state index contributed by atoms with van der Waals surface area (Å²) in [6, 6.07) is 0. The fourth-order valence-corrected chi connectivity index (χ4v) is 0.145. The van der Waals surface area contributed by atoms with E-state index < -0.39 is 0 Å². The molecule has 0 fully saturated rings. The number of hydrogen-bond acceptors (Lipinski definition) is 2. The summed E-state index contributed by atoms with van der Waals surface area (Å²) in [5.74, 6) is -0.625. The molecule has 0 saturated heterocycles. The number of rotatable bonds is 0. The summed E-state index contributed by atoms with van der Waals surface area (Å²) in [7, 11) is 0. The maximum absolute atomic E-state index is 6.47. The van der Waals surface area contributed by atoms with E-state index in [1.165, 1.54) is 0 Å². The van der Waals surface area contributed by atoms with E-state index in [4.69, 9.17) is 22.3 Å². The van der Waals surface area contributed by atoms with Crippen molar-refractivity contribution in [3.05, 3.63) is 0 Å². The van der Waals surface area contributed by atoms with Gasteiger partial charge in [-0.25, -0.2) is 0 Å². The van der Waals surface area contributed by atoms with Crippen LogP contribution >= 0.6 is 12.4 Å². The van der Waals surface area contributed by atoms with Gasteiger partial charge in [-0.3, -0.25) is 16.1 Å². The second kappa shape index (κ2) is 13.9. The van der Waals surface area contributed by atoms with Gasteiger partial charge in [-0.1, -0.05) is 0 Å². The van der Waals surface area contributed by atoms with E-state index in [-0.39, 0.29) is 130 Å². The molecule has 7 N–H and O–H groups in total. The van der Waals surface area contributed by atoms with Gasteiger partial charge in [0.15, 0.2) is 11.9 Å². The summed E-state index contributed by atoms with van der Waals surface area (Å²) >= 11 is 0. The first-order valence-electron chi connectivity index (χ1n) is 1.58. The van der Waals surface area contributed by atoms with Crippen LogP contribution in [0, 0.1) is 10.8 Å². The van der Waals surface area contributed by atoms with Crippen LogP contribution in [-0.4, -0.2) is 11.9 Å². The van der Waals surface area contributed by atoms with E-state index in [0.29, 0.717) is 0 Å². The number of nitrogens with one attached hydrogen (secondary N) is 3. The molecule has 0 unspecified atom stereocenters. The number of halogens is 1. The third kappa shape index (κ3) is 22.4. The van der Waals surface area contributed by atoms with Crippen molar-refractivity contribution >= 4 is 24.3 Å². The van der Waals surface area contributed by atoms with E-state index >= 15 is 0 Å². The first-order chi connectivity index (χ1) is 3.13. The van der Waals surface area contributed by atoms with Crippen LogP contribution in [0.25, 0.3) is 0 Å². The van der Waals surface area contributed by atoms with Crippen LogP contribution in [0.2, 0.25) is 0 Å². The normalized spacial score (nSPS) is 5.20. The fraction of sp³-hybridized carbons (Fsp3) is 0. The average molecular weight is 218 g/mol. The molecule has 0 aromatic heterocycles. The zero-order chi connectivity index (χ0) is 5.86. The Balaban J connectivity index is -0.0000000180. The first kappa shape index (κ1) is 22.8. The van der Waals surface area contributed by atoms with Crippen molar-refractivity contribution in [2.24, 2.45) is 11.5 Å². The van der Waals surface area contributed by atoms with Crippen LogP contribution in [0.15, 0.2) is 0 Å². The Morgan fingerprint density at radius 1 is 1.10 bits per heavy atom. The molecule has 0 spiro atoms. The topological polar surface area (TPSA) is 112 Å². The molecule has 52 valence electrons. The van der Waals surface area contributed by atoms with E-state index in [0.717, 1.165) is 0 Å². The Morgan fingerprint density at radius 2 is 1.30 bits per heavy atom. The molecule has 0 amide bonds. The predicted molar refractivity (Wildman–Crippen MR) is 36.4 cm³/mol. The molecule has 0 saturated carbocycles. The van der Waals surface area contributed by atoms with Crippen LogP contribution in [0.1, 0.15) is 2.85 Å². The van der Waals surface area contributed by atoms with Gasteiger partial charge in [0, 0.05) is 0 Å². The van der Waals surface area contributed by atoms with Gasteiger partial charge in [-0.15, -0.1) is 12.4 Å². The van der Waals surface area contributed by atoms with Gasteiger partial charge in [-0.05, 0) is 0 Å². The van der Waals surface area contributed by atoms with Gasteiger partial charge in [0.1, 0.15) is 0 Å². The quantitative estimate of drug-likeness (QED) is 0.158. The molecule has 5 nitrogen and oxygen atoms in total. The van der Waals surface area contributed by atoms with Gasteiger partial charge in [0.05, 0.1) is 0 Å². The summed E-state index contributed by atoms with van der Waals surface area (Å²) in [6.45, 7) is 0. The van der Waals surface area contributed by atoms with Gasteiger partial charge < -0.3 is 14.3 Å². The Morgan fingerprint density at radius 3 is 1.30 bits per heavy atom. The minimum absolute atomic E-state index is 0. The standard InChI is InChI=1S/C2H7N5.ClH.2K.2H/c3-1(4)7-2(5)6;;;;;/h(H7,3,4,5,6,7);1H;;;;/q;;2*+1;2*-1. The summed E-state index contributed by atoms with van der Waals surface area (Å²) in [5.41, 5.74) is 9.49. The van der Waals surface area contributed by atoms with Crippen LogP contribution in [0.3, 0.4) is 0 Å². The zero-order valence-electron chi connectivity index (χ0n) is 8.06. The largest absolute Gasteiger partial charge is 1.00 e. The van der Waals surface area contributed by atoms with Crippen molar-refractivity contribution in [1.29, 1.82) is 10.8 Å². The van der Waals surface area contributed by atoms with Gasteiger partial charge in [-0.2, -0.15) is 0 Å². The van der Waals surface area contributed by atoms with Crippen molar-refractivity contribution in [2.45, 2.75) is 0 Å². The van der Waals surface area contributed by atoms with Gasteiger partial charge in [0.25, 0.3) is 0 Å². The molecule has 0 aromatic rings. The second-order valence-electron chi connectivity index (χ2n) is 0.952. The average Bonchev–Trinajstić information content (AvgIpc) is 1.27. The van der Waals surface area contributed by atoms with Crippen LogP contribution in [-0.2, 0) is 0 Å². The fourth-order valence-electron chi connectivity index (χ4n) is 0.145. The van der Waals surface area contributed by atoms with Crippen molar-refractivity contribution in [3.63, 3.8) is 0 Å². The molecule has 0 radical (unpaired) electrons. The van der Waals surface area contributed by atoms with E-state index in [9.17, 15) is 0 Å². The molecule has 10 heavy (non-hydrogen) atoms. The molecule has 0 aliphatic rings. The predicted octanol–water partition coefficient (Wildman–Crippen LogP) is -6.98. The molecule has 0 atom stereocenters. The van der Waals surface area contributed by atoms with Crippen molar-refractivity contribution in [3.8, 4) is 0 Å². The molecule has 0 aromatic carbocycles. The summed E-state index contributed by atoms with van der Waals surface area (Å²) in [4.78, 5) is 0. The van der Waals surface area contributed by atoms with E-state index in [1.807, 2.05) is 5.32 Å². The zero-order valence-corrected chi connectivity index (χ0v) is 13.1. The Kier molecular flexibility index (Phi) is 31.6. The van der Waals surface area contributed by atoms with E-state index in [2.05, 4.69) is 0 Å². The minimum atomic E-state index is -0.312. The van der Waals surface area contributed by atoms with Crippen LogP contribution in [0.5, 0.6) is 0 Å². The molecule has 0 aliphatic heterocycles. The minimum Gasteiger partial charge on any atom is -1.00 e. The summed E-state index contributed by atoms with van der Waals surface area (Å²) in [6.07, 6.45) is 0. The Hall–Kier alpha value is 2.30. The van der Waals surface area contributed by atoms with Crippen molar-refractivity contribution < 1.29 is 106 Å². The smallest absolute Gasteiger partial charge is 1.00 e. The Bertz CT molecular complexity index is 102. The molecule has 0 aliphatic carbocycles. The monoisotopic (exact) mass is 217 g/mol. The van der Waals surface area contributed by atoms with Crippen molar-refractivity contribution in [2.75, 3.05) is 0 Å². The number of hydrogen-bond donors (Lipinski definition) is 5. The summed E-state index contributed by atoms with van der Waals surface area (Å²) in [5, 5.41) is 15.0. The molecular weight excluding hydrogens is 208 g/mol. The molecule has 0 heterocycles. The maximum atomic E-state index is 6.47. The second-order valence-corrected chi connectivity index (χ2v) is 0.952. The molecule has 0 rings (SSSR count). The SMILES string of the molecule is Cl.N=C(N)NC(=N)N.[H-].[H-].[K+].[K+]. The molecule has 0 bridgehead atoms. The third-order valence-electron chi connectivity index (χ3n) is 0.269. The first-order valence-corrected chi connectivity index (χ1v) is 1.58.